The summed E-state index contributed by atoms with van der Waals surface area (Å²) in [5, 5.41) is 3.01. The Hall–Kier alpha value is -2.50. The first-order chi connectivity index (χ1) is 12.3. The van der Waals surface area contributed by atoms with Crippen molar-refractivity contribution in [1.29, 1.82) is 0 Å². The summed E-state index contributed by atoms with van der Waals surface area (Å²) in [6.45, 7) is 2.59. The van der Waals surface area contributed by atoms with Crippen molar-refractivity contribution >= 4 is 45.0 Å². The molecule has 0 aliphatic rings. The number of fused-ring (bicyclic) bond motifs is 1. The van der Waals surface area contributed by atoms with Crippen LogP contribution < -0.4 is 4.74 Å². The van der Waals surface area contributed by atoms with Crippen LogP contribution in [0.3, 0.4) is 0 Å². The van der Waals surface area contributed by atoms with Crippen molar-refractivity contribution in [3.8, 4) is 5.75 Å². The lowest BCUT2D eigenvalue weighted by Crippen LogP contribution is -1.94. The zero-order valence-electron chi connectivity index (χ0n) is 13.7. The van der Waals surface area contributed by atoms with Crippen LogP contribution in [0.25, 0.3) is 22.4 Å². The first-order valence-corrected chi connectivity index (χ1v) is 9.67. The lowest BCUT2D eigenvalue weighted by atomic mass is 10.2. The smallest absolute Gasteiger partial charge is 0.131 e. The fourth-order valence-electron chi connectivity index (χ4n) is 2.44. The third-order valence-electron chi connectivity index (χ3n) is 3.73. The molecule has 0 aliphatic heterocycles. The van der Waals surface area contributed by atoms with Crippen molar-refractivity contribution in [2.24, 2.45) is 0 Å². The van der Waals surface area contributed by atoms with Crippen LogP contribution in [0.15, 0.2) is 53.4 Å². The Morgan fingerprint density at radius 3 is 2.76 bits per heavy atom. The average molecular weight is 364 g/mol. The summed E-state index contributed by atoms with van der Waals surface area (Å²) in [5.41, 5.74) is 6.20. The molecule has 25 heavy (non-hydrogen) atoms. The Kier molecular flexibility index (Phi) is 4.59. The van der Waals surface area contributed by atoms with Gasteiger partial charge >= 0.3 is 0 Å². The molecule has 0 atom stereocenters. The van der Waals surface area contributed by atoms with E-state index in [1.165, 1.54) is 10.3 Å². The molecule has 0 spiro atoms. The monoisotopic (exact) mass is 364 g/mol. The molecule has 0 radical (unpaired) electrons. The number of aryl methyl sites for hydroxylation is 1. The Labute approximate surface area is 154 Å². The van der Waals surface area contributed by atoms with Gasteiger partial charge in [-0.05, 0) is 48.4 Å². The van der Waals surface area contributed by atoms with Gasteiger partial charge in [0.05, 0.1) is 21.4 Å². The van der Waals surface area contributed by atoms with Gasteiger partial charge in [0.1, 0.15) is 17.4 Å². The maximum absolute atomic E-state index is 5.73. The van der Waals surface area contributed by atoms with E-state index in [2.05, 4.69) is 47.2 Å². The number of nitrogens with zero attached hydrogens (tertiary/aromatic N) is 2. The molecule has 0 saturated heterocycles. The quantitative estimate of drug-likeness (QED) is 0.448. The zero-order chi connectivity index (χ0) is 17.1. The summed E-state index contributed by atoms with van der Waals surface area (Å²) >= 11 is 3.28. The van der Waals surface area contributed by atoms with E-state index < -0.39 is 0 Å². The summed E-state index contributed by atoms with van der Waals surface area (Å²) in [6, 6.07) is 14.4. The van der Waals surface area contributed by atoms with Crippen LogP contribution in [0.4, 0.5) is 0 Å². The number of rotatable bonds is 5. The Morgan fingerprint density at radius 1 is 1.08 bits per heavy atom. The summed E-state index contributed by atoms with van der Waals surface area (Å²) in [6.07, 6.45) is 4.14. The van der Waals surface area contributed by atoms with Crippen LogP contribution in [0, 0.1) is 6.92 Å². The van der Waals surface area contributed by atoms with Crippen LogP contribution >= 0.6 is 22.7 Å². The van der Waals surface area contributed by atoms with Gasteiger partial charge < -0.3 is 4.74 Å². The summed E-state index contributed by atoms with van der Waals surface area (Å²) in [4.78, 5) is 8.88. The van der Waals surface area contributed by atoms with E-state index in [4.69, 9.17) is 4.74 Å². The molecule has 0 unspecified atom stereocenters. The van der Waals surface area contributed by atoms with Gasteiger partial charge in [0, 0.05) is 5.38 Å². The van der Waals surface area contributed by atoms with Gasteiger partial charge in [0.25, 0.3) is 0 Å². The minimum atomic E-state index is 0.504. The molecule has 4 rings (SSSR count). The van der Waals surface area contributed by atoms with Crippen molar-refractivity contribution in [3.05, 3.63) is 75.2 Å². The highest BCUT2D eigenvalue weighted by molar-refractivity contribution is 7.19. The van der Waals surface area contributed by atoms with Crippen molar-refractivity contribution in [1.82, 2.24) is 9.97 Å². The summed E-state index contributed by atoms with van der Waals surface area (Å²) < 4.78 is 6.95. The predicted octanol–water partition coefficient (Wildman–Crippen LogP) is 5.81. The molecule has 5 heteroatoms. The third kappa shape index (κ3) is 3.95. The standard InChI is InChI=1S/C20H16N2OS2/c1-14-2-8-19-18(10-14)22-20(25-19)9-5-15-3-6-17(7-4-15)23-11-16-12-24-13-21-16/h2-10,12-13H,11H2,1H3. The Balaban J connectivity index is 1.43. The fraction of sp³-hybridized carbons (Fsp3) is 0.100. The maximum Gasteiger partial charge on any atom is 0.131 e. The first-order valence-electron chi connectivity index (χ1n) is 7.91. The molecule has 0 fully saturated rings. The molecular weight excluding hydrogens is 348 g/mol. The molecule has 0 saturated carbocycles. The first kappa shape index (κ1) is 16.0. The van der Waals surface area contributed by atoms with Gasteiger partial charge in [-0.25, -0.2) is 9.97 Å². The van der Waals surface area contributed by atoms with Crippen molar-refractivity contribution < 1.29 is 4.74 Å². The van der Waals surface area contributed by atoms with E-state index in [0.717, 1.165) is 27.5 Å². The van der Waals surface area contributed by atoms with Gasteiger partial charge in [0.15, 0.2) is 0 Å². The number of thiazole rings is 2. The van der Waals surface area contributed by atoms with E-state index in [1.54, 1.807) is 22.7 Å². The molecule has 0 bridgehead atoms. The van der Waals surface area contributed by atoms with E-state index in [9.17, 15) is 0 Å². The second-order valence-electron chi connectivity index (χ2n) is 5.69. The van der Waals surface area contributed by atoms with E-state index in [0.29, 0.717) is 6.61 Å². The summed E-state index contributed by atoms with van der Waals surface area (Å²) in [7, 11) is 0. The number of aromatic nitrogens is 2. The Bertz CT molecular complexity index is 1000. The second kappa shape index (κ2) is 7.17. The van der Waals surface area contributed by atoms with Crippen molar-refractivity contribution in [3.63, 3.8) is 0 Å². The second-order valence-corrected chi connectivity index (χ2v) is 7.48. The fourth-order valence-corrected chi connectivity index (χ4v) is 3.83. The lowest BCUT2D eigenvalue weighted by Gasteiger charge is -2.04. The molecular formula is C20H16N2OS2. The van der Waals surface area contributed by atoms with Crippen molar-refractivity contribution in [2.75, 3.05) is 0 Å². The predicted molar refractivity (Wildman–Crippen MR) is 106 cm³/mol. The van der Waals surface area contributed by atoms with E-state index in [1.807, 2.05) is 35.2 Å². The normalized spacial score (nSPS) is 11.4. The van der Waals surface area contributed by atoms with E-state index in [-0.39, 0.29) is 0 Å². The molecule has 4 aromatic rings. The highest BCUT2D eigenvalue weighted by atomic mass is 32.1. The van der Waals surface area contributed by atoms with E-state index >= 15 is 0 Å². The number of hydrogen-bond donors (Lipinski definition) is 0. The number of benzene rings is 2. The zero-order valence-corrected chi connectivity index (χ0v) is 15.3. The number of hydrogen-bond acceptors (Lipinski definition) is 5. The van der Waals surface area contributed by atoms with Crippen molar-refractivity contribution in [2.45, 2.75) is 13.5 Å². The minimum absolute atomic E-state index is 0.504. The molecule has 0 N–H and O–H groups in total. The van der Waals surface area contributed by atoms with Crippen LogP contribution in [-0.4, -0.2) is 9.97 Å². The van der Waals surface area contributed by atoms with Crippen LogP contribution in [0.1, 0.15) is 21.8 Å². The highest BCUT2D eigenvalue weighted by Crippen LogP contribution is 2.24. The molecule has 0 amide bonds. The average Bonchev–Trinajstić information content (AvgIpc) is 3.28. The molecule has 0 aliphatic carbocycles. The largest absolute Gasteiger partial charge is 0.487 e. The summed E-state index contributed by atoms with van der Waals surface area (Å²) in [5.74, 6) is 0.848. The lowest BCUT2D eigenvalue weighted by molar-refractivity contribution is 0.302. The Morgan fingerprint density at radius 2 is 1.96 bits per heavy atom. The molecule has 2 aromatic heterocycles. The third-order valence-corrected chi connectivity index (χ3v) is 5.37. The van der Waals surface area contributed by atoms with Gasteiger partial charge in [-0.2, -0.15) is 0 Å². The van der Waals surface area contributed by atoms with Gasteiger partial charge in [-0.3, -0.25) is 0 Å². The van der Waals surface area contributed by atoms with Gasteiger partial charge in [0.2, 0.25) is 0 Å². The van der Waals surface area contributed by atoms with Crippen LogP contribution in [-0.2, 0) is 6.61 Å². The highest BCUT2D eigenvalue weighted by Gasteiger charge is 2.01. The molecule has 2 heterocycles. The minimum Gasteiger partial charge on any atom is -0.487 e. The maximum atomic E-state index is 5.73. The molecule has 3 nitrogen and oxygen atoms in total. The number of ether oxygens (including phenoxy) is 1. The van der Waals surface area contributed by atoms with Gasteiger partial charge in [-0.15, -0.1) is 22.7 Å². The molecule has 124 valence electrons. The topological polar surface area (TPSA) is 35.0 Å². The van der Waals surface area contributed by atoms with Crippen LogP contribution in [0.2, 0.25) is 0 Å². The van der Waals surface area contributed by atoms with Gasteiger partial charge in [-0.1, -0.05) is 24.3 Å². The molecule has 2 aromatic carbocycles. The SMILES string of the molecule is Cc1ccc2sc(C=Cc3ccc(OCc4cscn4)cc3)nc2c1. The van der Waals surface area contributed by atoms with Crippen LogP contribution in [0.5, 0.6) is 5.75 Å².